The molecule has 3 aromatic rings. The zero-order valence-electron chi connectivity index (χ0n) is 29.8. The Morgan fingerprint density at radius 1 is 0.500 bits per heavy atom. The molecule has 0 amide bonds. The first kappa shape index (κ1) is 39.1. The summed E-state index contributed by atoms with van der Waals surface area (Å²) in [5.74, 6) is 0.926. The quantitative estimate of drug-likeness (QED) is 0.0476. The van der Waals surface area contributed by atoms with Crippen molar-refractivity contribution >= 4 is 33.5 Å². The summed E-state index contributed by atoms with van der Waals surface area (Å²) < 4.78 is 36.5. The van der Waals surface area contributed by atoms with Crippen LogP contribution < -0.4 is 9.47 Å². The number of fused-ring (bicyclic) bond motifs is 2. The van der Waals surface area contributed by atoms with Crippen molar-refractivity contribution in [3.63, 3.8) is 0 Å². The van der Waals surface area contributed by atoms with Gasteiger partial charge in [-0.15, -0.1) is 0 Å². The van der Waals surface area contributed by atoms with Crippen LogP contribution in [-0.4, -0.2) is 63.8 Å². The second-order valence-corrected chi connectivity index (χ2v) is 12.4. The van der Waals surface area contributed by atoms with E-state index < -0.39 is 12.2 Å². The maximum absolute atomic E-state index is 12.7. The van der Waals surface area contributed by atoms with Gasteiger partial charge in [-0.3, -0.25) is 9.59 Å². The molecule has 48 heavy (non-hydrogen) atoms. The van der Waals surface area contributed by atoms with Crippen molar-refractivity contribution in [3.05, 3.63) is 48.5 Å². The summed E-state index contributed by atoms with van der Waals surface area (Å²) in [6, 6.07) is 15.9. The summed E-state index contributed by atoms with van der Waals surface area (Å²) in [7, 11) is 0. The van der Waals surface area contributed by atoms with E-state index in [0.717, 1.165) is 85.8 Å². The SMILES string of the molecule is CCCCCC(=O)OC(COCCCC)COc1c2ccccc2c(OCC(COCCCC)OC(=O)CCCCC)c2ccccc12. The van der Waals surface area contributed by atoms with Gasteiger partial charge in [0.1, 0.15) is 24.7 Å². The molecule has 0 spiro atoms. The van der Waals surface area contributed by atoms with Gasteiger partial charge in [-0.1, -0.05) is 115 Å². The number of ether oxygens (including phenoxy) is 6. The number of unbranched alkanes of at least 4 members (excludes halogenated alkanes) is 6. The van der Waals surface area contributed by atoms with Gasteiger partial charge >= 0.3 is 11.9 Å². The highest BCUT2D eigenvalue weighted by Gasteiger charge is 2.22. The predicted octanol–water partition coefficient (Wildman–Crippen LogP) is 9.37. The van der Waals surface area contributed by atoms with Crippen molar-refractivity contribution in [2.75, 3.05) is 39.6 Å². The second-order valence-electron chi connectivity index (χ2n) is 12.4. The van der Waals surface area contributed by atoms with Crippen LogP contribution in [0.2, 0.25) is 0 Å². The molecule has 0 fully saturated rings. The van der Waals surface area contributed by atoms with Gasteiger partial charge in [-0.05, 0) is 25.7 Å². The van der Waals surface area contributed by atoms with Gasteiger partial charge < -0.3 is 28.4 Å². The molecule has 0 aliphatic heterocycles. The molecule has 266 valence electrons. The van der Waals surface area contributed by atoms with Gasteiger partial charge in [0.05, 0.1) is 13.2 Å². The molecule has 3 rings (SSSR count). The highest BCUT2D eigenvalue weighted by atomic mass is 16.6. The van der Waals surface area contributed by atoms with Crippen LogP contribution in [0.15, 0.2) is 48.5 Å². The molecule has 0 heterocycles. The van der Waals surface area contributed by atoms with Gasteiger partial charge in [-0.2, -0.15) is 0 Å². The summed E-state index contributed by atoms with van der Waals surface area (Å²) >= 11 is 0. The average molecular weight is 667 g/mol. The number of carbonyl (C=O) groups excluding carboxylic acids is 2. The van der Waals surface area contributed by atoms with Gasteiger partial charge in [0.2, 0.25) is 0 Å². The number of rotatable bonds is 26. The molecule has 0 aliphatic carbocycles. The molecule has 3 aromatic carbocycles. The minimum atomic E-state index is -0.537. The van der Waals surface area contributed by atoms with E-state index in [9.17, 15) is 9.59 Å². The number of hydrogen-bond acceptors (Lipinski definition) is 8. The Bertz CT molecular complexity index is 1200. The third kappa shape index (κ3) is 13.3. The minimum Gasteiger partial charge on any atom is -0.488 e. The lowest BCUT2D eigenvalue weighted by molar-refractivity contribution is -0.155. The fourth-order valence-electron chi connectivity index (χ4n) is 5.39. The molecule has 0 saturated carbocycles. The van der Waals surface area contributed by atoms with E-state index in [2.05, 4.69) is 27.7 Å². The molecule has 0 aliphatic rings. The van der Waals surface area contributed by atoms with E-state index in [0.29, 0.717) is 37.6 Å². The van der Waals surface area contributed by atoms with Crippen LogP contribution >= 0.6 is 0 Å². The number of carbonyl (C=O) groups is 2. The van der Waals surface area contributed by atoms with E-state index in [-0.39, 0.29) is 38.4 Å². The van der Waals surface area contributed by atoms with Crippen molar-refractivity contribution < 1.29 is 38.0 Å². The van der Waals surface area contributed by atoms with Crippen LogP contribution in [-0.2, 0) is 28.5 Å². The Morgan fingerprint density at radius 2 is 0.854 bits per heavy atom. The first-order valence-electron chi connectivity index (χ1n) is 18.3. The third-order valence-corrected chi connectivity index (χ3v) is 8.12. The largest absolute Gasteiger partial charge is 0.488 e. The van der Waals surface area contributed by atoms with E-state index in [1.165, 1.54) is 0 Å². The molecule has 2 unspecified atom stereocenters. The Balaban J connectivity index is 1.85. The van der Waals surface area contributed by atoms with E-state index >= 15 is 0 Å². The monoisotopic (exact) mass is 666 g/mol. The molecule has 8 nitrogen and oxygen atoms in total. The predicted molar refractivity (Wildman–Crippen MR) is 192 cm³/mol. The summed E-state index contributed by atoms with van der Waals surface area (Å²) in [5, 5.41) is 3.49. The highest BCUT2D eigenvalue weighted by Crippen LogP contribution is 2.42. The molecular formula is C40H58O8. The number of benzene rings is 3. The van der Waals surface area contributed by atoms with E-state index in [1.54, 1.807) is 0 Å². The Morgan fingerprint density at radius 3 is 1.19 bits per heavy atom. The molecule has 0 bridgehead atoms. The van der Waals surface area contributed by atoms with Crippen LogP contribution in [0.1, 0.15) is 105 Å². The molecule has 8 heteroatoms. The van der Waals surface area contributed by atoms with Crippen LogP contribution in [0.5, 0.6) is 11.5 Å². The van der Waals surface area contributed by atoms with Crippen LogP contribution in [0.25, 0.3) is 21.5 Å². The highest BCUT2D eigenvalue weighted by molar-refractivity contribution is 6.11. The van der Waals surface area contributed by atoms with Crippen molar-refractivity contribution in [2.45, 2.75) is 117 Å². The Kier molecular flexibility index (Phi) is 18.8. The van der Waals surface area contributed by atoms with Gasteiger partial charge in [0.15, 0.2) is 12.2 Å². The van der Waals surface area contributed by atoms with Crippen molar-refractivity contribution in [2.24, 2.45) is 0 Å². The topological polar surface area (TPSA) is 89.5 Å². The zero-order chi connectivity index (χ0) is 34.4. The second kappa shape index (κ2) is 23.1. The standard InChI is InChI=1S/C40H58O8/c1-5-9-13-23-37(41)47-31(27-43-25-11-7-3)29-45-39-33-19-15-17-21-35(33)40(36-22-18-16-20-34(36)39)46-30-32(28-44-26-12-8-4)48-38(42)24-14-10-6-2/h15-22,31-32H,5-14,23-30H2,1-4H3. The van der Waals surface area contributed by atoms with Crippen LogP contribution in [0, 0.1) is 0 Å². The van der Waals surface area contributed by atoms with Gasteiger partial charge in [-0.25, -0.2) is 0 Å². The Hall–Kier alpha value is -3.36. The maximum atomic E-state index is 12.7. The fraction of sp³-hybridized carbons (Fsp3) is 0.600. The lowest BCUT2D eigenvalue weighted by atomic mass is 10.0. The molecule has 0 aromatic heterocycles. The van der Waals surface area contributed by atoms with Crippen LogP contribution in [0.3, 0.4) is 0 Å². The molecule has 0 saturated heterocycles. The number of hydrogen-bond donors (Lipinski definition) is 0. The number of esters is 2. The normalized spacial score (nSPS) is 12.6. The first-order chi connectivity index (χ1) is 23.5. The van der Waals surface area contributed by atoms with E-state index in [4.69, 9.17) is 28.4 Å². The van der Waals surface area contributed by atoms with E-state index in [1.807, 2.05) is 48.5 Å². The lowest BCUT2D eigenvalue weighted by Gasteiger charge is -2.23. The summed E-state index contributed by atoms with van der Waals surface area (Å²) in [4.78, 5) is 25.3. The zero-order valence-corrected chi connectivity index (χ0v) is 29.8. The Labute approximate surface area is 287 Å². The first-order valence-corrected chi connectivity index (χ1v) is 18.3. The minimum absolute atomic E-state index is 0.158. The van der Waals surface area contributed by atoms with Crippen molar-refractivity contribution in [1.29, 1.82) is 0 Å². The maximum Gasteiger partial charge on any atom is 0.306 e. The van der Waals surface area contributed by atoms with Gasteiger partial charge in [0.25, 0.3) is 0 Å². The summed E-state index contributed by atoms with van der Waals surface area (Å²) in [5.41, 5.74) is 0. The van der Waals surface area contributed by atoms with Crippen molar-refractivity contribution in [3.8, 4) is 11.5 Å². The molecule has 0 N–H and O–H groups in total. The summed E-state index contributed by atoms with van der Waals surface area (Å²) in [6.45, 7) is 10.5. The average Bonchev–Trinajstić information content (AvgIpc) is 3.09. The molecule has 2 atom stereocenters. The third-order valence-electron chi connectivity index (χ3n) is 8.12. The lowest BCUT2D eigenvalue weighted by Crippen LogP contribution is -2.30. The summed E-state index contributed by atoms with van der Waals surface area (Å²) in [6.07, 6.45) is 9.30. The van der Waals surface area contributed by atoms with Crippen molar-refractivity contribution in [1.82, 2.24) is 0 Å². The van der Waals surface area contributed by atoms with Gasteiger partial charge in [0, 0.05) is 47.6 Å². The smallest absolute Gasteiger partial charge is 0.306 e. The fourth-order valence-corrected chi connectivity index (χ4v) is 5.39. The molecule has 0 radical (unpaired) electrons. The molecular weight excluding hydrogens is 608 g/mol. The van der Waals surface area contributed by atoms with Crippen LogP contribution in [0.4, 0.5) is 0 Å².